The standard InChI is InChI=1S/C14H13FN6OS2.C6H12O/c15-10-5-17-14(24-10)20-12(22)6-21-13-8(4-18-21)9(3-11(16)19-13)23-7-1-2-7;1-6-2-4-7-5-3-6/h3-5,7H,1-2,6H2,(H2,16,19)(H,17,20,22);6H,2-5H2,1H3. The Morgan fingerprint density at radius 1 is 1.35 bits per heavy atom. The number of hydrogen-bond donors (Lipinski definition) is 2. The van der Waals surface area contributed by atoms with E-state index in [1.165, 1.54) is 30.4 Å². The highest BCUT2D eigenvalue weighted by Crippen LogP contribution is 2.42. The Morgan fingerprint density at radius 3 is 2.74 bits per heavy atom. The molecule has 3 N–H and O–H groups in total. The molecular weight excluding hydrogens is 439 g/mol. The lowest BCUT2D eigenvalue weighted by molar-refractivity contribution is -0.116. The second kappa shape index (κ2) is 9.92. The van der Waals surface area contributed by atoms with Crippen LogP contribution < -0.4 is 11.1 Å². The first-order chi connectivity index (χ1) is 15.0. The second-order valence-corrected chi connectivity index (χ2v) is 10.0. The monoisotopic (exact) mass is 464 g/mol. The molecule has 31 heavy (non-hydrogen) atoms. The van der Waals surface area contributed by atoms with Gasteiger partial charge in [-0.3, -0.25) is 4.79 Å². The topological polar surface area (TPSA) is 108 Å². The minimum Gasteiger partial charge on any atom is -0.384 e. The van der Waals surface area contributed by atoms with Crippen LogP contribution in [0.2, 0.25) is 0 Å². The molecule has 0 atom stereocenters. The third-order valence-electron chi connectivity index (χ3n) is 4.94. The van der Waals surface area contributed by atoms with Crippen LogP contribution in [0.3, 0.4) is 0 Å². The fourth-order valence-corrected chi connectivity index (χ4v) is 4.79. The van der Waals surface area contributed by atoms with E-state index in [-0.39, 0.29) is 17.6 Å². The van der Waals surface area contributed by atoms with Crippen LogP contribution in [0.5, 0.6) is 0 Å². The van der Waals surface area contributed by atoms with Crippen molar-refractivity contribution >= 4 is 51.0 Å². The van der Waals surface area contributed by atoms with Crippen LogP contribution in [0.1, 0.15) is 32.6 Å². The molecule has 0 bridgehead atoms. The van der Waals surface area contributed by atoms with Crippen LogP contribution in [0, 0.1) is 11.0 Å². The van der Waals surface area contributed by atoms with Crippen molar-refractivity contribution in [2.45, 2.75) is 49.3 Å². The smallest absolute Gasteiger partial charge is 0.247 e. The highest BCUT2D eigenvalue weighted by atomic mass is 32.2. The molecule has 4 heterocycles. The predicted octanol–water partition coefficient (Wildman–Crippen LogP) is 3.94. The lowest BCUT2D eigenvalue weighted by Gasteiger charge is -2.16. The Labute approximate surface area is 187 Å². The van der Waals surface area contributed by atoms with Crippen LogP contribution in [0.25, 0.3) is 11.0 Å². The fraction of sp³-hybridized carbons (Fsp3) is 0.500. The molecule has 3 aromatic heterocycles. The highest BCUT2D eigenvalue weighted by molar-refractivity contribution is 8.00. The summed E-state index contributed by atoms with van der Waals surface area (Å²) in [6, 6.07) is 1.84. The van der Waals surface area contributed by atoms with Crippen LogP contribution in [-0.4, -0.2) is 44.1 Å². The zero-order chi connectivity index (χ0) is 21.8. The Balaban J connectivity index is 0.000000282. The molecule has 1 aliphatic carbocycles. The van der Waals surface area contributed by atoms with Gasteiger partial charge in [0, 0.05) is 23.4 Å². The normalized spacial score (nSPS) is 16.7. The first kappa shape index (κ1) is 22.0. The number of carbonyl (C=O) groups is 1. The zero-order valence-corrected chi connectivity index (χ0v) is 18.8. The number of nitrogens with two attached hydrogens (primary N) is 1. The molecule has 5 rings (SSSR count). The van der Waals surface area contributed by atoms with E-state index in [2.05, 4.69) is 27.3 Å². The maximum Gasteiger partial charge on any atom is 0.247 e. The van der Waals surface area contributed by atoms with Gasteiger partial charge in [0.1, 0.15) is 12.4 Å². The number of nitrogen functional groups attached to an aromatic ring is 1. The number of thiazole rings is 1. The molecule has 1 aliphatic heterocycles. The first-order valence-electron chi connectivity index (χ1n) is 10.3. The molecule has 11 heteroatoms. The molecule has 1 saturated carbocycles. The zero-order valence-electron chi connectivity index (χ0n) is 17.2. The van der Waals surface area contributed by atoms with E-state index in [1.54, 1.807) is 18.0 Å². The van der Waals surface area contributed by atoms with Gasteiger partial charge in [-0.25, -0.2) is 14.6 Å². The number of halogens is 1. The summed E-state index contributed by atoms with van der Waals surface area (Å²) in [5.74, 6) is 0.957. The van der Waals surface area contributed by atoms with Gasteiger partial charge in [0.2, 0.25) is 5.91 Å². The number of nitrogens with zero attached hydrogens (tertiary/aromatic N) is 4. The molecule has 3 aromatic rings. The third kappa shape index (κ3) is 6.14. The Hall–Kier alpha value is -2.24. The van der Waals surface area contributed by atoms with Crippen LogP contribution in [0.4, 0.5) is 15.3 Å². The number of pyridine rings is 1. The van der Waals surface area contributed by atoms with Gasteiger partial charge in [-0.05, 0) is 37.7 Å². The fourth-order valence-electron chi connectivity index (χ4n) is 3.04. The van der Waals surface area contributed by atoms with Gasteiger partial charge < -0.3 is 15.8 Å². The molecule has 0 radical (unpaired) electrons. The van der Waals surface area contributed by atoms with Crippen molar-refractivity contribution in [3.8, 4) is 0 Å². The number of carbonyl (C=O) groups excluding carboxylic acids is 1. The summed E-state index contributed by atoms with van der Waals surface area (Å²) in [4.78, 5) is 21.2. The lowest BCUT2D eigenvalue weighted by atomic mass is 10.0. The van der Waals surface area contributed by atoms with Gasteiger partial charge in [0.05, 0.1) is 17.8 Å². The van der Waals surface area contributed by atoms with Gasteiger partial charge in [0.25, 0.3) is 0 Å². The largest absolute Gasteiger partial charge is 0.384 e. The maximum absolute atomic E-state index is 12.9. The predicted molar refractivity (Wildman–Crippen MR) is 121 cm³/mol. The number of aromatic nitrogens is 4. The van der Waals surface area contributed by atoms with Crippen molar-refractivity contribution in [1.82, 2.24) is 19.7 Å². The van der Waals surface area contributed by atoms with Crippen molar-refractivity contribution in [3.63, 3.8) is 0 Å². The molecular formula is C20H25FN6O2S2. The minimum absolute atomic E-state index is 0.0469. The van der Waals surface area contributed by atoms with Crippen LogP contribution >= 0.6 is 23.1 Å². The van der Waals surface area contributed by atoms with Crippen LogP contribution in [0.15, 0.2) is 23.4 Å². The van der Waals surface area contributed by atoms with Crippen molar-refractivity contribution in [3.05, 3.63) is 23.6 Å². The van der Waals surface area contributed by atoms with Crippen LogP contribution in [-0.2, 0) is 16.1 Å². The van der Waals surface area contributed by atoms with E-state index in [0.29, 0.717) is 16.7 Å². The summed E-state index contributed by atoms with van der Waals surface area (Å²) in [6.45, 7) is 4.21. The molecule has 1 saturated heterocycles. The number of hydrogen-bond acceptors (Lipinski definition) is 8. The van der Waals surface area contributed by atoms with E-state index in [1.807, 2.05) is 6.07 Å². The molecule has 2 aliphatic rings. The molecule has 1 amide bonds. The Morgan fingerprint density at radius 2 is 2.13 bits per heavy atom. The van der Waals surface area contributed by atoms with Gasteiger partial charge in [0.15, 0.2) is 15.9 Å². The minimum atomic E-state index is -0.453. The molecule has 166 valence electrons. The second-order valence-electron chi connectivity index (χ2n) is 7.71. The van der Waals surface area contributed by atoms with E-state index >= 15 is 0 Å². The summed E-state index contributed by atoms with van der Waals surface area (Å²) in [5.41, 5.74) is 6.46. The first-order valence-corrected chi connectivity index (χ1v) is 11.9. The number of anilines is 2. The average molecular weight is 465 g/mol. The SMILES string of the molecule is CC1CCOCC1.Nc1cc(SC2CC2)c2cnn(CC(=O)Nc3ncc(F)s3)c2n1. The summed E-state index contributed by atoms with van der Waals surface area (Å²) < 4.78 is 19.6. The quantitative estimate of drug-likeness (QED) is 0.589. The summed E-state index contributed by atoms with van der Waals surface area (Å²) in [6.07, 6.45) is 7.70. The summed E-state index contributed by atoms with van der Waals surface area (Å²) in [5, 5.41) is 8.06. The molecule has 8 nitrogen and oxygen atoms in total. The van der Waals surface area contributed by atoms with E-state index < -0.39 is 5.13 Å². The lowest BCUT2D eigenvalue weighted by Crippen LogP contribution is -2.19. The van der Waals surface area contributed by atoms with Gasteiger partial charge in [-0.15, -0.1) is 11.8 Å². The highest BCUT2D eigenvalue weighted by Gasteiger charge is 2.24. The van der Waals surface area contributed by atoms with Crippen molar-refractivity contribution < 1.29 is 13.9 Å². The Bertz CT molecular complexity index is 1050. The van der Waals surface area contributed by atoms with E-state index in [0.717, 1.165) is 46.9 Å². The summed E-state index contributed by atoms with van der Waals surface area (Å²) in [7, 11) is 0. The summed E-state index contributed by atoms with van der Waals surface area (Å²) >= 11 is 2.54. The number of nitrogens with one attached hydrogen (secondary N) is 1. The Kier molecular flexibility index (Phi) is 7.03. The number of fused-ring (bicyclic) bond motifs is 1. The molecule has 0 unspecified atom stereocenters. The number of amides is 1. The van der Waals surface area contributed by atoms with E-state index in [4.69, 9.17) is 10.5 Å². The third-order valence-corrected chi connectivity index (χ3v) is 7.03. The van der Waals surface area contributed by atoms with Gasteiger partial charge in [-0.2, -0.15) is 9.49 Å². The number of rotatable bonds is 5. The van der Waals surface area contributed by atoms with Gasteiger partial charge >= 0.3 is 0 Å². The molecule has 0 aromatic carbocycles. The van der Waals surface area contributed by atoms with Crippen molar-refractivity contribution in [1.29, 1.82) is 0 Å². The van der Waals surface area contributed by atoms with Crippen molar-refractivity contribution in [2.75, 3.05) is 24.3 Å². The molecule has 0 spiro atoms. The van der Waals surface area contributed by atoms with Crippen molar-refractivity contribution in [2.24, 2.45) is 5.92 Å². The van der Waals surface area contributed by atoms with Gasteiger partial charge in [-0.1, -0.05) is 18.3 Å². The molecule has 2 fully saturated rings. The number of ether oxygens (including phenoxy) is 1. The number of thioether (sulfide) groups is 1. The maximum atomic E-state index is 12.9. The average Bonchev–Trinajstić information content (AvgIpc) is 3.32. The van der Waals surface area contributed by atoms with E-state index in [9.17, 15) is 9.18 Å².